The molecule has 2 nitrogen and oxygen atoms in total. The second-order valence-electron chi connectivity index (χ2n) is 2.68. The molecule has 0 spiro atoms. The highest BCUT2D eigenvalue weighted by Crippen LogP contribution is 2.16. The molecule has 0 aliphatic carbocycles. The van der Waals surface area contributed by atoms with E-state index in [0.29, 0.717) is 6.61 Å². The van der Waals surface area contributed by atoms with E-state index in [-0.39, 0.29) is 0 Å². The number of halogens is 1. The van der Waals surface area contributed by atoms with Crippen molar-refractivity contribution in [2.45, 2.75) is 6.61 Å². The van der Waals surface area contributed by atoms with Gasteiger partial charge in [-0.1, -0.05) is 6.07 Å². The minimum atomic E-state index is 0.612. The largest absolute Gasteiger partial charge is 0.486 e. The van der Waals surface area contributed by atoms with Gasteiger partial charge in [0.25, 0.3) is 0 Å². The molecule has 0 radical (unpaired) electrons. The molecule has 0 saturated heterocycles. The summed E-state index contributed by atoms with van der Waals surface area (Å²) in [5, 5.41) is 2.04. The van der Waals surface area contributed by atoms with Crippen LogP contribution in [0.3, 0.4) is 0 Å². The van der Waals surface area contributed by atoms with Crippen LogP contribution < -0.4 is 4.74 Å². The maximum atomic E-state index is 5.53. The summed E-state index contributed by atoms with van der Waals surface area (Å²) < 4.78 is 6.35. The van der Waals surface area contributed by atoms with Crippen molar-refractivity contribution in [1.82, 2.24) is 4.98 Å². The fraction of sp³-hybridized carbons (Fsp3) is 0.100. The van der Waals surface area contributed by atoms with Crippen LogP contribution in [0.5, 0.6) is 5.75 Å². The molecule has 2 rings (SSSR count). The Bertz CT molecular complexity index is 385. The van der Waals surface area contributed by atoms with Crippen molar-refractivity contribution in [3.63, 3.8) is 0 Å². The first-order valence-electron chi connectivity index (χ1n) is 4.11. The predicted molar refractivity (Wildman–Crippen MR) is 60.6 cm³/mol. The summed E-state index contributed by atoms with van der Waals surface area (Å²) in [5.74, 6) is 0.793. The molecule has 0 aliphatic heterocycles. The quantitative estimate of drug-likeness (QED) is 0.796. The number of hydrogen-bond acceptors (Lipinski definition) is 3. The van der Waals surface area contributed by atoms with Gasteiger partial charge < -0.3 is 4.74 Å². The minimum absolute atomic E-state index is 0.612. The van der Waals surface area contributed by atoms with Gasteiger partial charge in [-0.2, -0.15) is 0 Å². The molecule has 0 unspecified atom stereocenters. The number of hydrogen-bond donors (Lipinski definition) is 0. The Kier molecular flexibility index (Phi) is 3.16. The van der Waals surface area contributed by atoms with Gasteiger partial charge in [-0.3, -0.25) is 0 Å². The second-order valence-corrected chi connectivity index (χ2v) is 4.53. The molecule has 0 amide bonds. The Morgan fingerprint density at radius 3 is 2.93 bits per heavy atom. The molecule has 0 atom stereocenters. The monoisotopic (exact) mass is 269 g/mol. The molecule has 2 heterocycles. The topological polar surface area (TPSA) is 22.1 Å². The number of nitrogens with zero attached hydrogens (tertiary/aromatic N) is 1. The predicted octanol–water partition coefficient (Wildman–Crippen LogP) is 3.48. The Morgan fingerprint density at radius 2 is 2.29 bits per heavy atom. The van der Waals surface area contributed by atoms with Crippen molar-refractivity contribution < 1.29 is 4.74 Å². The smallest absolute Gasteiger partial charge is 0.138 e. The zero-order valence-corrected chi connectivity index (χ0v) is 9.72. The molecular formula is C10H8BrNOS. The fourth-order valence-corrected chi connectivity index (χ4v) is 1.85. The number of thiophene rings is 1. The lowest BCUT2D eigenvalue weighted by Gasteiger charge is -2.03. The average Bonchev–Trinajstić information content (AvgIpc) is 2.70. The number of aromatic nitrogens is 1. The molecule has 2 aromatic heterocycles. The van der Waals surface area contributed by atoms with Crippen LogP contribution in [0, 0.1) is 0 Å². The minimum Gasteiger partial charge on any atom is -0.486 e. The maximum absolute atomic E-state index is 5.53. The van der Waals surface area contributed by atoms with Gasteiger partial charge in [0.15, 0.2) is 0 Å². The van der Waals surface area contributed by atoms with E-state index >= 15 is 0 Å². The summed E-state index contributed by atoms with van der Waals surface area (Å²) in [7, 11) is 0. The van der Waals surface area contributed by atoms with Crippen LogP contribution in [-0.4, -0.2) is 4.98 Å². The summed E-state index contributed by atoms with van der Waals surface area (Å²) in [6.07, 6.45) is 1.71. The number of pyridine rings is 1. The molecule has 72 valence electrons. The van der Waals surface area contributed by atoms with E-state index in [2.05, 4.69) is 27.0 Å². The fourth-order valence-electron chi connectivity index (χ4n) is 0.997. The molecule has 14 heavy (non-hydrogen) atoms. The van der Waals surface area contributed by atoms with Gasteiger partial charge in [-0.05, 0) is 39.5 Å². The van der Waals surface area contributed by atoms with Crippen LogP contribution in [0.25, 0.3) is 0 Å². The third-order valence-electron chi connectivity index (χ3n) is 1.66. The summed E-state index contributed by atoms with van der Waals surface area (Å²) >= 11 is 4.96. The van der Waals surface area contributed by atoms with E-state index in [9.17, 15) is 0 Å². The lowest BCUT2D eigenvalue weighted by Crippen LogP contribution is -1.92. The van der Waals surface area contributed by atoms with Gasteiger partial charge in [-0.15, -0.1) is 11.3 Å². The Hall–Kier alpha value is -0.870. The maximum Gasteiger partial charge on any atom is 0.138 e. The standard InChI is InChI=1S/C10H8BrNOS/c11-10-4-3-8(6-12-10)13-7-9-2-1-5-14-9/h1-6H,7H2. The highest BCUT2D eigenvalue weighted by atomic mass is 79.9. The Morgan fingerprint density at radius 1 is 1.36 bits per heavy atom. The normalized spacial score (nSPS) is 10.1. The molecule has 0 aliphatic rings. The third-order valence-corrected chi connectivity index (χ3v) is 2.98. The van der Waals surface area contributed by atoms with E-state index in [4.69, 9.17) is 4.74 Å². The first-order chi connectivity index (χ1) is 6.84. The Labute approximate surface area is 94.7 Å². The lowest BCUT2D eigenvalue weighted by atomic mass is 10.4. The molecule has 0 N–H and O–H groups in total. The molecule has 4 heteroatoms. The van der Waals surface area contributed by atoms with E-state index < -0.39 is 0 Å². The SMILES string of the molecule is Brc1ccc(OCc2cccs2)cn1. The van der Waals surface area contributed by atoms with Gasteiger partial charge in [0, 0.05) is 4.88 Å². The van der Waals surface area contributed by atoms with Gasteiger partial charge in [-0.25, -0.2) is 4.98 Å². The van der Waals surface area contributed by atoms with E-state index in [1.54, 1.807) is 17.5 Å². The van der Waals surface area contributed by atoms with E-state index in [1.165, 1.54) is 4.88 Å². The van der Waals surface area contributed by atoms with Crippen LogP contribution in [0.1, 0.15) is 4.88 Å². The lowest BCUT2D eigenvalue weighted by molar-refractivity contribution is 0.308. The van der Waals surface area contributed by atoms with Gasteiger partial charge in [0.2, 0.25) is 0 Å². The Balaban J connectivity index is 1.95. The molecule has 0 aromatic carbocycles. The van der Waals surface area contributed by atoms with Crippen molar-refractivity contribution in [2.75, 3.05) is 0 Å². The van der Waals surface area contributed by atoms with Crippen molar-refractivity contribution in [3.05, 3.63) is 45.3 Å². The van der Waals surface area contributed by atoms with Crippen LogP contribution in [0.2, 0.25) is 0 Å². The van der Waals surface area contributed by atoms with Crippen molar-refractivity contribution in [2.24, 2.45) is 0 Å². The third kappa shape index (κ3) is 2.56. The van der Waals surface area contributed by atoms with Crippen LogP contribution in [-0.2, 0) is 6.61 Å². The first kappa shape index (κ1) is 9.68. The number of ether oxygens (including phenoxy) is 1. The molecule has 2 aromatic rings. The van der Waals surface area contributed by atoms with Crippen molar-refractivity contribution in [1.29, 1.82) is 0 Å². The van der Waals surface area contributed by atoms with Gasteiger partial charge in [0.1, 0.15) is 17.0 Å². The van der Waals surface area contributed by atoms with Crippen molar-refractivity contribution in [3.8, 4) is 5.75 Å². The second kappa shape index (κ2) is 4.57. The molecule has 0 saturated carbocycles. The van der Waals surface area contributed by atoms with Crippen molar-refractivity contribution >= 4 is 27.3 Å². The average molecular weight is 270 g/mol. The van der Waals surface area contributed by atoms with E-state index in [1.807, 2.05) is 23.6 Å². The first-order valence-corrected chi connectivity index (χ1v) is 5.78. The molecule has 0 fully saturated rings. The van der Waals surface area contributed by atoms with Crippen LogP contribution in [0.15, 0.2) is 40.4 Å². The summed E-state index contributed by atoms with van der Waals surface area (Å²) in [6, 6.07) is 7.83. The van der Waals surface area contributed by atoms with Gasteiger partial charge >= 0.3 is 0 Å². The highest BCUT2D eigenvalue weighted by molar-refractivity contribution is 9.10. The van der Waals surface area contributed by atoms with Crippen LogP contribution >= 0.6 is 27.3 Å². The van der Waals surface area contributed by atoms with Crippen LogP contribution in [0.4, 0.5) is 0 Å². The molecular weight excluding hydrogens is 262 g/mol. The zero-order valence-electron chi connectivity index (χ0n) is 7.31. The van der Waals surface area contributed by atoms with Gasteiger partial charge in [0.05, 0.1) is 6.20 Å². The summed E-state index contributed by atoms with van der Waals surface area (Å²) in [6.45, 7) is 0.612. The zero-order chi connectivity index (χ0) is 9.80. The van der Waals surface area contributed by atoms with E-state index in [0.717, 1.165) is 10.4 Å². The molecule has 0 bridgehead atoms. The highest BCUT2D eigenvalue weighted by Gasteiger charge is 1.96. The number of rotatable bonds is 3. The summed E-state index contributed by atoms with van der Waals surface area (Å²) in [5.41, 5.74) is 0. The summed E-state index contributed by atoms with van der Waals surface area (Å²) in [4.78, 5) is 5.29.